The Balaban J connectivity index is 2.10. The van der Waals surface area contributed by atoms with Crippen LogP contribution in [0, 0.1) is 0 Å². The summed E-state index contributed by atoms with van der Waals surface area (Å²) in [5.74, 6) is 0.354. The Morgan fingerprint density at radius 3 is 3.12 bits per heavy atom. The number of nitrogens with zero attached hydrogens (tertiary/aromatic N) is 4. The molecule has 0 aromatic carbocycles. The zero-order valence-electron chi connectivity index (χ0n) is 8.95. The second kappa shape index (κ2) is 3.79. The highest BCUT2D eigenvalue weighted by Crippen LogP contribution is 2.22. The number of fused-ring (bicyclic) bond motifs is 1. The van der Waals surface area contributed by atoms with Crippen LogP contribution in [0.2, 0.25) is 0 Å². The van der Waals surface area contributed by atoms with Crippen LogP contribution in [0.15, 0.2) is 18.7 Å². The van der Waals surface area contributed by atoms with E-state index in [1.807, 2.05) is 6.08 Å². The second-order valence-electron chi connectivity index (χ2n) is 3.74. The van der Waals surface area contributed by atoms with Crippen LogP contribution in [0.3, 0.4) is 0 Å². The van der Waals surface area contributed by atoms with Crippen LogP contribution >= 0.6 is 0 Å². The van der Waals surface area contributed by atoms with Gasteiger partial charge in [0.15, 0.2) is 17.0 Å². The lowest BCUT2D eigenvalue weighted by atomic mass is 10.3. The van der Waals surface area contributed by atoms with Gasteiger partial charge >= 0.3 is 0 Å². The predicted octanol–water partition coefficient (Wildman–Crippen LogP) is -0.360. The maximum Gasteiger partial charge on any atom is 0.169 e. The van der Waals surface area contributed by atoms with Gasteiger partial charge in [0.25, 0.3) is 0 Å². The van der Waals surface area contributed by atoms with Crippen molar-refractivity contribution in [3.05, 3.63) is 18.7 Å². The monoisotopic (exact) mass is 233 g/mol. The molecule has 0 saturated carbocycles. The standard InChI is InChI=1S/C10H11N5O2/c11-9-8-10(13-4-12-9)15(5-14-8)6-1-7(2-16)17-3-6/h1,4-5,7,16H,2-3H2,(H2,11,12,13)/t7-/m0/s1. The number of aliphatic hydroxyl groups excluding tert-OH is 1. The Bertz CT molecular complexity index is 591. The van der Waals surface area contributed by atoms with Crippen LogP contribution in [-0.2, 0) is 4.74 Å². The fraction of sp³-hybridized carbons (Fsp3) is 0.300. The lowest BCUT2D eigenvalue weighted by molar-refractivity contribution is 0.0755. The molecule has 0 spiro atoms. The normalized spacial score (nSPS) is 19.8. The molecule has 1 aliphatic heterocycles. The summed E-state index contributed by atoms with van der Waals surface area (Å²) in [5.41, 5.74) is 7.81. The first kappa shape index (κ1) is 10.2. The highest BCUT2D eigenvalue weighted by molar-refractivity contribution is 5.83. The lowest BCUT2D eigenvalue weighted by Gasteiger charge is -2.02. The quantitative estimate of drug-likeness (QED) is 0.735. The van der Waals surface area contributed by atoms with Gasteiger partial charge in [0, 0.05) is 0 Å². The maximum absolute atomic E-state index is 9.00. The summed E-state index contributed by atoms with van der Waals surface area (Å²) >= 11 is 0. The third-order valence-electron chi connectivity index (χ3n) is 2.67. The first-order chi connectivity index (χ1) is 8.29. The molecule has 1 aliphatic rings. The van der Waals surface area contributed by atoms with Gasteiger partial charge in [-0.05, 0) is 6.08 Å². The minimum atomic E-state index is -0.262. The number of aliphatic hydroxyl groups is 1. The summed E-state index contributed by atoms with van der Waals surface area (Å²) in [6.07, 6.45) is 4.61. The third kappa shape index (κ3) is 1.56. The molecule has 3 heterocycles. The van der Waals surface area contributed by atoms with E-state index in [0.717, 1.165) is 5.70 Å². The lowest BCUT2D eigenvalue weighted by Crippen LogP contribution is -2.08. The summed E-state index contributed by atoms with van der Waals surface area (Å²) in [6.45, 7) is 0.383. The van der Waals surface area contributed by atoms with Gasteiger partial charge in [-0.1, -0.05) is 0 Å². The zero-order chi connectivity index (χ0) is 11.8. The number of imidazole rings is 1. The van der Waals surface area contributed by atoms with Crippen LogP contribution in [0.25, 0.3) is 16.9 Å². The highest BCUT2D eigenvalue weighted by atomic mass is 16.5. The number of nitrogen functional groups attached to an aromatic ring is 1. The molecule has 0 bridgehead atoms. The summed E-state index contributed by atoms with van der Waals surface area (Å²) in [4.78, 5) is 12.2. The van der Waals surface area contributed by atoms with Crippen molar-refractivity contribution in [3.63, 3.8) is 0 Å². The molecule has 0 radical (unpaired) electrons. The number of nitrogens with two attached hydrogens (primary N) is 1. The Labute approximate surface area is 96.6 Å². The van der Waals surface area contributed by atoms with Gasteiger partial charge in [0.05, 0.1) is 18.9 Å². The van der Waals surface area contributed by atoms with Gasteiger partial charge in [-0.2, -0.15) is 0 Å². The van der Waals surface area contributed by atoms with E-state index in [9.17, 15) is 0 Å². The fourth-order valence-corrected chi connectivity index (χ4v) is 1.82. The van der Waals surface area contributed by atoms with Crippen LogP contribution in [0.4, 0.5) is 5.82 Å². The SMILES string of the molecule is Nc1ncnc2c1ncn2C1=C[C@@H](CO)OC1. The molecular weight excluding hydrogens is 222 g/mol. The molecule has 0 unspecified atom stereocenters. The van der Waals surface area contributed by atoms with Crippen molar-refractivity contribution in [1.82, 2.24) is 19.5 Å². The molecule has 0 fully saturated rings. The predicted molar refractivity (Wildman–Crippen MR) is 60.8 cm³/mol. The van der Waals surface area contributed by atoms with E-state index in [4.69, 9.17) is 15.6 Å². The highest BCUT2D eigenvalue weighted by Gasteiger charge is 2.19. The largest absolute Gasteiger partial charge is 0.393 e. The molecule has 3 N–H and O–H groups in total. The third-order valence-corrected chi connectivity index (χ3v) is 2.67. The van der Waals surface area contributed by atoms with Gasteiger partial charge in [-0.15, -0.1) is 0 Å². The van der Waals surface area contributed by atoms with E-state index >= 15 is 0 Å². The molecule has 7 nitrogen and oxygen atoms in total. The number of rotatable bonds is 2. The van der Waals surface area contributed by atoms with Crippen molar-refractivity contribution in [2.24, 2.45) is 0 Å². The van der Waals surface area contributed by atoms with Crippen molar-refractivity contribution in [3.8, 4) is 0 Å². The Kier molecular flexibility index (Phi) is 2.27. The smallest absolute Gasteiger partial charge is 0.169 e. The molecule has 0 aliphatic carbocycles. The Hall–Kier alpha value is -1.99. The number of anilines is 1. The number of hydrogen-bond acceptors (Lipinski definition) is 6. The van der Waals surface area contributed by atoms with E-state index in [0.29, 0.717) is 23.6 Å². The number of aromatic nitrogens is 4. The van der Waals surface area contributed by atoms with Gasteiger partial charge in [0.2, 0.25) is 0 Å². The average molecular weight is 233 g/mol. The second-order valence-corrected chi connectivity index (χ2v) is 3.74. The van der Waals surface area contributed by atoms with Crippen LogP contribution < -0.4 is 5.73 Å². The molecule has 88 valence electrons. The van der Waals surface area contributed by atoms with Gasteiger partial charge in [-0.3, -0.25) is 4.57 Å². The average Bonchev–Trinajstić information content (AvgIpc) is 2.94. The Morgan fingerprint density at radius 1 is 1.47 bits per heavy atom. The number of ether oxygens (including phenoxy) is 1. The van der Waals surface area contributed by atoms with Crippen LogP contribution in [-0.4, -0.2) is 43.9 Å². The first-order valence-electron chi connectivity index (χ1n) is 5.16. The molecule has 7 heteroatoms. The van der Waals surface area contributed by atoms with E-state index in [2.05, 4.69) is 15.0 Å². The first-order valence-corrected chi connectivity index (χ1v) is 5.16. The van der Waals surface area contributed by atoms with Crippen molar-refractivity contribution >= 4 is 22.7 Å². The maximum atomic E-state index is 9.00. The fourth-order valence-electron chi connectivity index (χ4n) is 1.82. The van der Waals surface area contributed by atoms with E-state index in [-0.39, 0.29) is 12.7 Å². The summed E-state index contributed by atoms with van der Waals surface area (Å²) < 4.78 is 7.15. The molecule has 2 aromatic heterocycles. The molecule has 17 heavy (non-hydrogen) atoms. The van der Waals surface area contributed by atoms with E-state index < -0.39 is 0 Å². The van der Waals surface area contributed by atoms with Gasteiger partial charge < -0.3 is 15.6 Å². The van der Waals surface area contributed by atoms with Gasteiger partial charge in [0.1, 0.15) is 18.8 Å². The molecule has 2 aromatic rings. The summed E-state index contributed by atoms with van der Waals surface area (Å²) in [7, 11) is 0. The van der Waals surface area contributed by atoms with Crippen molar-refractivity contribution in [2.45, 2.75) is 6.10 Å². The molecular formula is C10H11N5O2. The minimum absolute atomic E-state index is 0.0345. The molecule has 1 atom stereocenters. The van der Waals surface area contributed by atoms with Gasteiger partial charge in [-0.25, -0.2) is 15.0 Å². The topological polar surface area (TPSA) is 99.1 Å². The Morgan fingerprint density at radius 2 is 2.35 bits per heavy atom. The van der Waals surface area contributed by atoms with E-state index in [1.165, 1.54) is 6.33 Å². The van der Waals surface area contributed by atoms with Crippen molar-refractivity contribution in [1.29, 1.82) is 0 Å². The van der Waals surface area contributed by atoms with Crippen molar-refractivity contribution in [2.75, 3.05) is 18.9 Å². The molecule has 0 amide bonds. The molecule has 0 saturated heterocycles. The summed E-state index contributed by atoms with van der Waals surface area (Å²) in [6, 6.07) is 0. The minimum Gasteiger partial charge on any atom is -0.393 e. The zero-order valence-corrected chi connectivity index (χ0v) is 8.95. The van der Waals surface area contributed by atoms with Crippen LogP contribution in [0.5, 0.6) is 0 Å². The number of hydrogen-bond donors (Lipinski definition) is 2. The van der Waals surface area contributed by atoms with Crippen molar-refractivity contribution < 1.29 is 9.84 Å². The summed E-state index contributed by atoms with van der Waals surface area (Å²) in [5, 5.41) is 9.00. The van der Waals surface area contributed by atoms with E-state index in [1.54, 1.807) is 10.9 Å². The molecule has 3 rings (SSSR count). The van der Waals surface area contributed by atoms with Crippen LogP contribution in [0.1, 0.15) is 0 Å².